The molecule has 102 valence electrons. The van der Waals surface area contributed by atoms with Crippen LogP contribution in [0.1, 0.15) is 34.7 Å². The van der Waals surface area contributed by atoms with Gasteiger partial charge in [-0.15, -0.1) is 11.3 Å². The average molecular weight is 294 g/mol. The summed E-state index contributed by atoms with van der Waals surface area (Å²) in [5.74, 6) is 0. The van der Waals surface area contributed by atoms with Crippen LogP contribution in [0.4, 0.5) is 0 Å². The summed E-state index contributed by atoms with van der Waals surface area (Å²) in [7, 11) is 0. The third-order valence-electron chi connectivity index (χ3n) is 3.07. The van der Waals surface area contributed by atoms with E-state index in [1.807, 2.05) is 23.5 Å². The molecule has 0 saturated heterocycles. The number of rotatable bonds is 6. The minimum atomic E-state index is 0.386. The number of hydrogen-bond acceptors (Lipinski definition) is 2. The molecule has 2 aromatic rings. The molecule has 0 spiro atoms. The first-order valence-corrected chi connectivity index (χ1v) is 7.92. The first-order valence-electron chi connectivity index (χ1n) is 6.73. The Morgan fingerprint density at radius 1 is 1.26 bits per heavy atom. The third-order valence-corrected chi connectivity index (χ3v) is 4.42. The number of thiophene rings is 1. The second kappa shape index (κ2) is 7.09. The molecular formula is C16H20ClNS. The SMILES string of the molecule is CCCNC(Cc1cccc(Cl)c1)c1ccc(C)s1. The molecule has 0 aliphatic heterocycles. The van der Waals surface area contributed by atoms with Crippen molar-refractivity contribution in [2.75, 3.05) is 6.54 Å². The smallest absolute Gasteiger partial charge is 0.0455 e. The summed E-state index contributed by atoms with van der Waals surface area (Å²) < 4.78 is 0. The minimum Gasteiger partial charge on any atom is -0.309 e. The van der Waals surface area contributed by atoms with Gasteiger partial charge in [-0.1, -0.05) is 30.7 Å². The van der Waals surface area contributed by atoms with E-state index in [9.17, 15) is 0 Å². The predicted octanol–water partition coefficient (Wildman–Crippen LogP) is 4.99. The Balaban J connectivity index is 2.13. The van der Waals surface area contributed by atoms with E-state index in [0.29, 0.717) is 6.04 Å². The second-order valence-corrected chi connectivity index (χ2v) is 6.55. The summed E-state index contributed by atoms with van der Waals surface area (Å²) in [6.07, 6.45) is 2.14. The van der Waals surface area contributed by atoms with E-state index in [1.165, 1.54) is 15.3 Å². The molecule has 1 atom stereocenters. The molecule has 0 amide bonds. The van der Waals surface area contributed by atoms with Crippen LogP contribution in [0.5, 0.6) is 0 Å². The van der Waals surface area contributed by atoms with Gasteiger partial charge in [0.15, 0.2) is 0 Å². The maximum Gasteiger partial charge on any atom is 0.0455 e. The van der Waals surface area contributed by atoms with Gasteiger partial charge in [0.25, 0.3) is 0 Å². The van der Waals surface area contributed by atoms with E-state index >= 15 is 0 Å². The van der Waals surface area contributed by atoms with Crippen molar-refractivity contribution in [2.45, 2.75) is 32.7 Å². The Kier molecular flexibility index (Phi) is 5.44. The van der Waals surface area contributed by atoms with E-state index in [0.717, 1.165) is 24.4 Å². The molecule has 0 bridgehead atoms. The Morgan fingerprint density at radius 2 is 2.11 bits per heavy atom. The van der Waals surface area contributed by atoms with Crippen molar-refractivity contribution in [3.05, 3.63) is 56.7 Å². The van der Waals surface area contributed by atoms with Crippen LogP contribution in [-0.4, -0.2) is 6.54 Å². The molecule has 1 aromatic heterocycles. The molecule has 2 rings (SSSR count). The molecule has 0 aliphatic rings. The first kappa shape index (κ1) is 14.6. The van der Waals surface area contributed by atoms with Crippen molar-refractivity contribution in [2.24, 2.45) is 0 Å². The minimum absolute atomic E-state index is 0.386. The lowest BCUT2D eigenvalue weighted by atomic mass is 10.0. The van der Waals surface area contributed by atoms with E-state index in [2.05, 4.69) is 43.4 Å². The summed E-state index contributed by atoms with van der Waals surface area (Å²) in [5.41, 5.74) is 1.28. The van der Waals surface area contributed by atoms with Crippen molar-refractivity contribution < 1.29 is 0 Å². The van der Waals surface area contributed by atoms with E-state index in [4.69, 9.17) is 11.6 Å². The number of benzene rings is 1. The Labute approximate surface area is 124 Å². The second-order valence-electron chi connectivity index (χ2n) is 4.79. The molecule has 0 radical (unpaired) electrons. The van der Waals surface area contributed by atoms with Gasteiger partial charge in [0.05, 0.1) is 0 Å². The fourth-order valence-electron chi connectivity index (χ4n) is 2.13. The summed E-state index contributed by atoms with van der Waals surface area (Å²) in [4.78, 5) is 2.77. The fraction of sp³-hybridized carbons (Fsp3) is 0.375. The van der Waals surface area contributed by atoms with Gasteiger partial charge in [0.2, 0.25) is 0 Å². The van der Waals surface area contributed by atoms with Crippen molar-refractivity contribution in [3.8, 4) is 0 Å². The topological polar surface area (TPSA) is 12.0 Å². The van der Waals surface area contributed by atoms with Crippen LogP contribution in [0.3, 0.4) is 0 Å². The average Bonchev–Trinajstić information content (AvgIpc) is 2.81. The van der Waals surface area contributed by atoms with Gasteiger partial charge in [0, 0.05) is 20.8 Å². The molecule has 0 fully saturated rings. The molecular weight excluding hydrogens is 274 g/mol. The predicted molar refractivity (Wildman–Crippen MR) is 85.2 cm³/mol. The Morgan fingerprint density at radius 3 is 2.74 bits per heavy atom. The first-order chi connectivity index (χ1) is 9.19. The highest BCUT2D eigenvalue weighted by Gasteiger charge is 2.13. The zero-order chi connectivity index (χ0) is 13.7. The third kappa shape index (κ3) is 4.34. The van der Waals surface area contributed by atoms with Gasteiger partial charge in [-0.3, -0.25) is 0 Å². The lowest BCUT2D eigenvalue weighted by molar-refractivity contribution is 0.536. The Hall–Kier alpha value is -0.830. The highest BCUT2D eigenvalue weighted by molar-refractivity contribution is 7.12. The van der Waals surface area contributed by atoms with Crippen LogP contribution < -0.4 is 5.32 Å². The summed E-state index contributed by atoms with van der Waals surface area (Å²) in [6, 6.07) is 13.0. The summed E-state index contributed by atoms with van der Waals surface area (Å²) >= 11 is 7.94. The van der Waals surface area contributed by atoms with Crippen molar-refractivity contribution >= 4 is 22.9 Å². The number of hydrogen-bond donors (Lipinski definition) is 1. The molecule has 1 unspecified atom stereocenters. The van der Waals surface area contributed by atoms with Crippen molar-refractivity contribution in [3.63, 3.8) is 0 Å². The standard InChI is InChI=1S/C16H20ClNS/c1-3-9-18-15(16-8-7-12(2)19-16)11-13-5-4-6-14(17)10-13/h4-8,10,15,18H,3,9,11H2,1-2H3. The van der Waals surface area contributed by atoms with Crippen LogP contribution in [0.25, 0.3) is 0 Å². The largest absolute Gasteiger partial charge is 0.309 e. The number of aryl methyl sites for hydroxylation is 1. The molecule has 1 N–H and O–H groups in total. The molecule has 1 heterocycles. The Bertz CT molecular complexity index is 521. The van der Waals surface area contributed by atoms with E-state index in [1.54, 1.807) is 0 Å². The van der Waals surface area contributed by atoms with E-state index in [-0.39, 0.29) is 0 Å². The van der Waals surface area contributed by atoms with Crippen LogP contribution in [-0.2, 0) is 6.42 Å². The maximum absolute atomic E-state index is 6.06. The van der Waals surface area contributed by atoms with Gasteiger partial charge < -0.3 is 5.32 Å². The molecule has 19 heavy (non-hydrogen) atoms. The van der Waals surface area contributed by atoms with Crippen LogP contribution in [0.15, 0.2) is 36.4 Å². The van der Waals surface area contributed by atoms with Crippen molar-refractivity contribution in [1.29, 1.82) is 0 Å². The maximum atomic E-state index is 6.06. The molecule has 0 saturated carbocycles. The lowest BCUT2D eigenvalue weighted by Crippen LogP contribution is -2.23. The quantitative estimate of drug-likeness (QED) is 0.791. The van der Waals surface area contributed by atoms with Gasteiger partial charge in [-0.05, 0) is 56.1 Å². The summed E-state index contributed by atoms with van der Waals surface area (Å²) in [6.45, 7) is 5.40. The van der Waals surface area contributed by atoms with Crippen LogP contribution in [0.2, 0.25) is 5.02 Å². The van der Waals surface area contributed by atoms with Gasteiger partial charge >= 0.3 is 0 Å². The fourth-order valence-corrected chi connectivity index (χ4v) is 3.30. The molecule has 1 aromatic carbocycles. The molecule has 1 nitrogen and oxygen atoms in total. The van der Waals surface area contributed by atoms with Gasteiger partial charge in [-0.25, -0.2) is 0 Å². The van der Waals surface area contributed by atoms with Gasteiger partial charge in [-0.2, -0.15) is 0 Å². The van der Waals surface area contributed by atoms with Crippen LogP contribution in [0, 0.1) is 6.92 Å². The zero-order valence-corrected chi connectivity index (χ0v) is 13.0. The van der Waals surface area contributed by atoms with Crippen molar-refractivity contribution in [1.82, 2.24) is 5.32 Å². The molecule has 3 heteroatoms. The zero-order valence-electron chi connectivity index (χ0n) is 11.4. The normalized spacial score (nSPS) is 12.6. The molecule has 0 aliphatic carbocycles. The number of halogens is 1. The number of nitrogens with one attached hydrogen (secondary N) is 1. The van der Waals surface area contributed by atoms with E-state index < -0.39 is 0 Å². The highest BCUT2D eigenvalue weighted by Crippen LogP contribution is 2.26. The monoisotopic (exact) mass is 293 g/mol. The highest BCUT2D eigenvalue weighted by atomic mass is 35.5. The van der Waals surface area contributed by atoms with Gasteiger partial charge in [0.1, 0.15) is 0 Å². The van der Waals surface area contributed by atoms with Crippen LogP contribution >= 0.6 is 22.9 Å². The lowest BCUT2D eigenvalue weighted by Gasteiger charge is -2.17. The summed E-state index contributed by atoms with van der Waals surface area (Å²) in [5, 5.41) is 4.45.